The zero-order valence-electron chi connectivity index (χ0n) is 10.4. The molecule has 0 saturated carbocycles. The summed E-state index contributed by atoms with van der Waals surface area (Å²) in [7, 11) is 0. The van der Waals surface area contributed by atoms with Crippen molar-refractivity contribution in [3.63, 3.8) is 0 Å². The molecule has 0 spiro atoms. The number of imidazole rings is 1. The van der Waals surface area contributed by atoms with Crippen molar-refractivity contribution >= 4 is 0 Å². The summed E-state index contributed by atoms with van der Waals surface area (Å²) in [4.78, 5) is 7.24. The second-order valence-corrected chi connectivity index (χ2v) is 4.54. The number of hydrogen-bond acceptors (Lipinski definition) is 2. The Labute approximate surface area is 102 Å². The summed E-state index contributed by atoms with van der Waals surface area (Å²) in [6.07, 6.45) is 3.61. The van der Waals surface area contributed by atoms with Crippen LogP contribution in [-0.4, -0.2) is 9.97 Å². The molecule has 3 heteroatoms. The molecule has 0 aliphatic heterocycles. The summed E-state index contributed by atoms with van der Waals surface area (Å²) in [6.45, 7) is 6.08. The smallest absolute Gasteiger partial charge is 0.120 e. The van der Waals surface area contributed by atoms with E-state index in [9.17, 15) is 0 Å². The van der Waals surface area contributed by atoms with E-state index in [2.05, 4.69) is 53.4 Å². The number of nitrogens with one attached hydrogen (secondary N) is 2. The van der Waals surface area contributed by atoms with Crippen LogP contribution in [0.5, 0.6) is 0 Å². The van der Waals surface area contributed by atoms with Gasteiger partial charge in [0, 0.05) is 18.9 Å². The third-order valence-corrected chi connectivity index (χ3v) is 2.82. The molecule has 1 aromatic heterocycles. The molecule has 2 rings (SSSR count). The predicted octanol–water partition coefficient (Wildman–Crippen LogP) is 2.82. The SMILES string of the molecule is CC(C)c1ccc(CNCc2ncc[nH]2)cc1. The maximum Gasteiger partial charge on any atom is 0.120 e. The van der Waals surface area contributed by atoms with E-state index in [0.29, 0.717) is 5.92 Å². The first kappa shape index (κ1) is 11.9. The monoisotopic (exact) mass is 229 g/mol. The maximum absolute atomic E-state index is 4.17. The average Bonchev–Trinajstić information content (AvgIpc) is 2.83. The predicted molar refractivity (Wildman–Crippen MR) is 69.7 cm³/mol. The van der Waals surface area contributed by atoms with Crippen molar-refractivity contribution in [2.75, 3.05) is 0 Å². The highest BCUT2D eigenvalue weighted by Gasteiger charge is 1.99. The van der Waals surface area contributed by atoms with Gasteiger partial charge in [-0.05, 0) is 17.0 Å². The van der Waals surface area contributed by atoms with E-state index in [1.54, 1.807) is 6.20 Å². The minimum absolute atomic E-state index is 0.597. The fraction of sp³-hybridized carbons (Fsp3) is 0.357. The average molecular weight is 229 g/mol. The summed E-state index contributed by atoms with van der Waals surface area (Å²) in [5.41, 5.74) is 2.70. The van der Waals surface area contributed by atoms with Crippen molar-refractivity contribution in [2.45, 2.75) is 32.9 Å². The lowest BCUT2D eigenvalue weighted by atomic mass is 10.0. The molecule has 0 bridgehead atoms. The van der Waals surface area contributed by atoms with Crippen LogP contribution in [-0.2, 0) is 13.1 Å². The van der Waals surface area contributed by atoms with E-state index >= 15 is 0 Å². The van der Waals surface area contributed by atoms with Gasteiger partial charge in [0.1, 0.15) is 5.82 Å². The summed E-state index contributed by atoms with van der Waals surface area (Å²) in [5, 5.41) is 3.36. The van der Waals surface area contributed by atoms with Crippen molar-refractivity contribution in [1.82, 2.24) is 15.3 Å². The third-order valence-electron chi connectivity index (χ3n) is 2.82. The molecule has 0 amide bonds. The molecule has 0 radical (unpaired) electrons. The molecule has 0 aliphatic carbocycles. The van der Waals surface area contributed by atoms with Crippen molar-refractivity contribution < 1.29 is 0 Å². The Bertz CT molecular complexity index is 429. The Hall–Kier alpha value is -1.61. The molecule has 0 atom stereocenters. The lowest BCUT2D eigenvalue weighted by Crippen LogP contribution is -2.13. The van der Waals surface area contributed by atoms with Crippen LogP contribution in [0, 0.1) is 0 Å². The second-order valence-electron chi connectivity index (χ2n) is 4.54. The van der Waals surface area contributed by atoms with E-state index in [1.807, 2.05) is 6.20 Å². The van der Waals surface area contributed by atoms with Gasteiger partial charge in [-0.3, -0.25) is 0 Å². The summed E-state index contributed by atoms with van der Waals surface area (Å²) < 4.78 is 0. The number of hydrogen-bond donors (Lipinski definition) is 2. The van der Waals surface area contributed by atoms with E-state index in [4.69, 9.17) is 0 Å². The number of H-pyrrole nitrogens is 1. The van der Waals surface area contributed by atoms with Gasteiger partial charge in [-0.1, -0.05) is 38.1 Å². The van der Waals surface area contributed by atoms with Gasteiger partial charge in [0.25, 0.3) is 0 Å². The number of nitrogens with zero attached hydrogens (tertiary/aromatic N) is 1. The van der Waals surface area contributed by atoms with Crippen molar-refractivity contribution in [3.8, 4) is 0 Å². The minimum atomic E-state index is 0.597. The van der Waals surface area contributed by atoms with Gasteiger partial charge >= 0.3 is 0 Å². The quantitative estimate of drug-likeness (QED) is 0.827. The van der Waals surface area contributed by atoms with E-state index in [-0.39, 0.29) is 0 Å². The summed E-state index contributed by atoms with van der Waals surface area (Å²) >= 11 is 0. The van der Waals surface area contributed by atoms with Crippen LogP contribution in [0.15, 0.2) is 36.7 Å². The Morgan fingerprint density at radius 3 is 2.53 bits per heavy atom. The summed E-state index contributed by atoms with van der Waals surface area (Å²) in [6, 6.07) is 8.78. The highest BCUT2D eigenvalue weighted by atomic mass is 15.0. The molecular weight excluding hydrogens is 210 g/mol. The van der Waals surface area contributed by atoms with Crippen LogP contribution in [0.2, 0.25) is 0 Å². The zero-order valence-corrected chi connectivity index (χ0v) is 10.4. The Morgan fingerprint density at radius 1 is 1.18 bits per heavy atom. The lowest BCUT2D eigenvalue weighted by molar-refractivity contribution is 0.668. The molecular formula is C14H19N3. The summed E-state index contributed by atoms with van der Waals surface area (Å²) in [5.74, 6) is 1.57. The lowest BCUT2D eigenvalue weighted by Gasteiger charge is -2.07. The fourth-order valence-electron chi connectivity index (χ4n) is 1.74. The molecule has 2 aromatic rings. The van der Waals surface area contributed by atoms with Gasteiger partial charge in [0.15, 0.2) is 0 Å². The van der Waals surface area contributed by atoms with Gasteiger partial charge in [-0.25, -0.2) is 4.98 Å². The molecule has 3 nitrogen and oxygen atoms in total. The first-order valence-electron chi connectivity index (χ1n) is 6.03. The first-order chi connectivity index (χ1) is 8.25. The number of aromatic nitrogens is 2. The van der Waals surface area contributed by atoms with Crippen LogP contribution >= 0.6 is 0 Å². The number of rotatable bonds is 5. The van der Waals surface area contributed by atoms with Gasteiger partial charge in [-0.15, -0.1) is 0 Å². The molecule has 90 valence electrons. The van der Waals surface area contributed by atoms with Crippen LogP contribution in [0.1, 0.15) is 36.7 Å². The van der Waals surface area contributed by atoms with Crippen LogP contribution in [0.4, 0.5) is 0 Å². The Morgan fingerprint density at radius 2 is 1.94 bits per heavy atom. The van der Waals surface area contributed by atoms with Gasteiger partial charge in [0.05, 0.1) is 6.54 Å². The highest BCUT2D eigenvalue weighted by Crippen LogP contribution is 2.14. The van der Waals surface area contributed by atoms with Crippen LogP contribution in [0.25, 0.3) is 0 Å². The topological polar surface area (TPSA) is 40.7 Å². The highest BCUT2D eigenvalue weighted by molar-refractivity contribution is 5.24. The molecule has 0 aliphatic rings. The molecule has 0 fully saturated rings. The van der Waals surface area contributed by atoms with Gasteiger partial charge in [-0.2, -0.15) is 0 Å². The minimum Gasteiger partial charge on any atom is -0.348 e. The van der Waals surface area contributed by atoms with Crippen molar-refractivity contribution in [2.24, 2.45) is 0 Å². The van der Waals surface area contributed by atoms with Gasteiger partial charge < -0.3 is 10.3 Å². The Kier molecular flexibility index (Phi) is 3.94. The third kappa shape index (κ3) is 3.43. The number of aromatic amines is 1. The van der Waals surface area contributed by atoms with Crippen LogP contribution in [0.3, 0.4) is 0 Å². The van der Waals surface area contributed by atoms with Gasteiger partial charge in [0.2, 0.25) is 0 Å². The Balaban J connectivity index is 1.83. The number of benzene rings is 1. The standard InChI is InChI=1S/C14H19N3/c1-11(2)13-5-3-12(4-6-13)9-15-10-14-16-7-8-17-14/h3-8,11,15H,9-10H2,1-2H3,(H,16,17). The van der Waals surface area contributed by atoms with E-state index in [0.717, 1.165) is 18.9 Å². The fourth-order valence-corrected chi connectivity index (χ4v) is 1.74. The molecule has 1 heterocycles. The molecule has 0 unspecified atom stereocenters. The largest absolute Gasteiger partial charge is 0.348 e. The molecule has 2 N–H and O–H groups in total. The van der Waals surface area contributed by atoms with E-state index < -0.39 is 0 Å². The second kappa shape index (κ2) is 5.64. The van der Waals surface area contributed by atoms with Crippen molar-refractivity contribution in [1.29, 1.82) is 0 Å². The molecule has 1 aromatic carbocycles. The van der Waals surface area contributed by atoms with Crippen molar-refractivity contribution in [3.05, 3.63) is 53.6 Å². The molecule has 17 heavy (non-hydrogen) atoms. The zero-order chi connectivity index (χ0) is 12.1. The van der Waals surface area contributed by atoms with Crippen LogP contribution < -0.4 is 5.32 Å². The first-order valence-corrected chi connectivity index (χ1v) is 6.03. The normalized spacial score (nSPS) is 11.0. The molecule has 0 saturated heterocycles. The maximum atomic E-state index is 4.17. The van der Waals surface area contributed by atoms with E-state index in [1.165, 1.54) is 11.1 Å².